The van der Waals surface area contributed by atoms with Crippen LogP contribution in [0.3, 0.4) is 0 Å². The molecule has 0 unspecified atom stereocenters. The van der Waals surface area contributed by atoms with Gasteiger partial charge < -0.3 is 20.3 Å². The summed E-state index contributed by atoms with van der Waals surface area (Å²) in [7, 11) is 0. The Balaban J connectivity index is 1.98. The van der Waals surface area contributed by atoms with Crippen LogP contribution in [0.25, 0.3) is 11.4 Å². The Kier molecular flexibility index (Phi) is 2.72. The summed E-state index contributed by atoms with van der Waals surface area (Å²) in [5.41, 5.74) is 5.85. The maximum atomic E-state index is 11.9. The summed E-state index contributed by atoms with van der Waals surface area (Å²) >= 11 is 0. The maximum absolute atomic E-state index is 11.9. The summed E-state index contributed by atoms with van der Waals surface area (Å²) in [5, 5.41) is 6.64. The van der Waals surface area contributed by atoms with Gasteiger partial charge in [0, 0.05) is 5.56 Å². The number of fused-ring (bicyclic) bond motifs is 1. The third-order valence-corrected chi connectivity index (χ3v) is 3.04. The molecule has 1 amide bonds. The summed E-state index contributed by atoms with van der Waals surface area (Å²) in [6.45, 7) is 3.61. The zero-order valence-electron chi connectivity index (χ0n) is 11.1. The minimum atomic E-state index is -0.882. The van der Waals surface area contributed by atoms with Crippen molar-refractivity contribution in [1.29, 1.82) is 0 Å². The summed E-state index contributed by atoms with van der Waals surface area (Å²) in [5.74, 6) is 1.20. The van der Waals surface area contributed by atoms with Crippen LogP contribution in [0.5, 0.6) is 5.75 Å². The molecular weight excluding hydrogens is 260 g/mol. The van der Waals surface area contributed by atoms with Crippen LogP contribution in [0.15, 0.2) is 22.7 Å². The predicted octanol–water partition coefficient (Wildman–Crippen LogP) is 1.30. The van der Waals surface area contributed by atoms with E-state index in [2.05, 4.69) is 15.5 Å². The molecule has 1 aliphatic rings. The highest BCUT2D eigenvalue weighted by atomic mass is 16.5. The van der Waals surface area contributed by atoms with Crippen molar-refractivity contribution < 1.29 is 14.1 Å². The number of anilines is 1. The lowest BCUT2D eigenvalue weighted by molar-refractivity contribution is -0.129. The van der Waals surface area contributed by atoms with Crippen LogP contribution in [0.1, 0.15) is 19.7 Å². The van der Waals surface area contributed by atoms with Crippen molar-refractivity contribution in [3.63, 3.8) is 0 Å². The molecule has 1 aromatic heterocycles. The molecular formula is C13H14N4O3. The van der Waals surface area contributed by atoms with E-state index in [-0.39, 0.29) is 12.5 Å². The number of benzene rings is 1. The summed E-state index contributed by atoms with van der Waals surface area (Å²) in [6.07, 6.45) is 0. The lowest BCUT2D eigenvalue weighted by Crippen LogP contribution is -2.45. The number of nitrogens with zero attached hydrogens (tertiary/aromatic N) is 2. The second kappa shape index (κ2) is 4.31. The van der Waals surface area contributed by atoms with E-state index in [0.717, 1.165) is 5.56 Å². The standard InChI is InChI=1S/C13H14N4O3/c1-13(2)12(18)15-8-5-7(3-4-9(8)19-13)11-16-10(6-14)20-17-11/h3-5H,6,14H2,1-2H3,(H,15,18). The van der Waals surface area contributed by atoms with E-state index in [1.807, 2.05) is 0 Å². The first kappa shape index (κ1) is 12.6. The van der Waals surface area contributed by atoms with E-state index in [1.54, 1.807) is 32.0 Å². The monoisotopic (exact) mass is 274 g/mol. The fourth-order valence-electron chi connectivity index (χ4n) is 1.90. The minimum absolute atomic E-state index is 0.186. The van der Waals surface area contributed by atoms with Gasteiger partial charge in [0.05, 0.1) is 12.2 Å². The predicted molar refractivity (Wildman–Crippen MR) is 71.0 cm³/mol. The SMILES string of the molecule is CC1(C)Oc2ccc(-c3noc(CN)n3)cc2NC1=O. The number of aromatic nitrogens is 2. The second-order valence-corrected chi connectivity index (χ2v) is 4.99. The summed E-state index contributed by atoms with van der Waals surface area (Å²) < 4.78 is 10.6. The van der Waals surface area contributed by atoms with Crippen molar-refractivity contribution >= 4 is 11.6 Å². The first-order valence-corrected chi connectivity index (χ1v) is 6.17. The van der Waals surface area contributed by atoms with Crippen LogP contribution in [0.2, 0.25) is 0 Å². The molecule has 7 heteroatoms. The summed E-state index contributed by atoms with van der Waals surface area (Å²) in [6, 6.07) is 5.31. The summed E-state index contributed by atoms with van der Waals surface area (Å²) in [4.78, 5) is 16.0. The number of hydrogen-bond acceptors (Lipinski definition) is 6. The Morgan fingerprint density at radius 2 is 2.20 bits per heavy atom. The van der Waals surface area contributed by atoms with Gasteiger partial charge in [-0.05, 0) is 32.0 Å². The number of nitrogens with one attached hydrogen (secondary N) is 1. The van der Waals surface area contributed by atoms with E-state index in [9.17, 15) is 4.79 Å². The van der Waals surface area contributed by atoms with Crippen molar-refractivity contribution in [3.8, 4) is 17.1 Å². The minimum Gasteiger partial charge on any atom is -0.476 e. The molecule has 1 aliphatic heterocycles. The van der Waals surface area contributed by atoms with Gasteiger partial charge in [-0.1, -0.05) is 5.16 Å². The van der Waals surface area contributed by atoms with E-state index in [1.165, 1.54) is 0 Å². The third-order valence-electron chi connectivity index (χ3n) is 3.04. The number of nitrogens with two attached hydrogens (primary N) is 1. The highest BCUT2D eigenvalue weighted by Gasteiger charge is 2.35. The van der Waals surface area contributed by atoms with E-state index in [4.69, 9.17) is 15.0 Å². The molecule has 3 N–H and O–H groups in total. The van der Waals surface area contributed by atoms with Gasteiger partial charge in [-0.2, -0.15) is 4.98 Å². The maximum Gasteiger partial charge on any atom is 0.268 e. The number of amides is 1. The molecule has 3 rings (SSSR count). The second-order valence-electron chi connectivity index (χ2n) is 4.99. The topological polar surface area (TPSA) is 103 Å². The van der Waals surface area contributed by atoms with Crippen LogP contribution in [-0.4, -0.2) is 21.6 Å². The first-order valence-electron chi connectivity index (χ1n) is 6.17. The van der Waals surface area contributed by atoms with Crippen molar-refractivity contribution in [2.45, 2.75) is 26.0 Å². The Bertz CT molecular complexity index is 678. The molecule has 0 radical (unpaired) electrons. The van der Waals surface area contributed by atoms with Gasteiger partial charge in [-0.25, -0.2) is 0 Å². The molecule has 0 bridgehead atoms. The quantitative estimate of drug-likeness (QED) is 0.855. The lowest BCUT2D eigenvalue weighted by atomic mass is 10.0. The van der Waals surface area contributed by atoms with Gasteiger partial charge in [0.15, 0.2) is 5.60 Å². The van der Waals surface area contributed by atoms with Crippen molar-refractivity contribution in [1.82, 2.24) is 10.1 Å². The number of rotatable bonds is 2. The Hall–Kier alpha value is -2.41. The molecule has 0 saturated heterocycles. The van der Waals surface area contributed by atoms with Crippen molar-refractivity contribution in [2.75, 3.05) is 5.32 Å². The Labute approximate surface area is 115 Å². The van der Waals surface area contributed by atoms with Gasteiger partial charge in [-0.3, -0.25) is 4.79 Å². The largest absolute Gasteiger partial charge is 0.476 e. The van der Waals surface area contributed by atoms with Gasteiger partial charge in [0.1, 0.15) is 5.75 Å². The van der Waals surface area contributed by atoms with Crippen LogP contribution in [-0.2, 0) is 11.3 Å². The number of ether oxygens (including phenoxy) is 1. The molecule has 1 aromatic carbocycles. The molecule has 20 heavy (non-hydrogen) atoms. The Morgan fingerprint density at radius 1 is 1.40 bits per heavy atom. The fraction of sp³-hybridized carbons (Fsp3) is 0.308. The molecule has 7 nitrogen and oxygen atoms in total. The van der Waals surface area contributed by atoms with E-state index in [0.29, 0.717) is 23.2 Å². The number of carbonyl (C=O) groups excluding carboxylic acids is 1. The molecule has 2 aromatic rings. The zero-order valence-corrected chi connectivity index (χ0v) is 11.1. The van der Waals surface area contributed by atoms with Gasteiger partial charge in [0.25, 0.3) is 5.91 Å². The van der Waals surface area contributed by atoms with E-state index < -0.39 is 5.60 Å². The lowest BCUT2D eigenvalue weighted by Gasteiger charge is -2.31. The van der Waals surface area contributed by atoms with Crippen LogP contribution >= 0.6 is 0 Å². The highest BCUT2D eigenvalue weighted by molar-refractivity contribution is 6.00. The highest BCUT2D eigenvalue weighted by Crippen LogP contribution is 2.36. The van der Waals surface area contributed by atoms with Gasteiger partial charge >= 0.3 is 0 Å². The van der Waals surface area contributed by atoms with Gasteiger partial charge in [-0.15, -0.1) is 0 Å². The smallest absolute Gasteiger partial charge is 0.268 e. The third kappa shape index (κ3) is 2.01. The molecule has 104 valence electrons. The zero-order chi connectivity index (χ0) is 14.3. The number of carbonyl (C=O) groups is 1. The average Bonchev–Trinajstić information content (AvgIpc) is 2.88. The fourth-order valence-corrected chi connectivity index (χ4v) is 1.90. The normalized spacial score (nSPS) is 16.2. The molecule has 0 atom stereocenters. The molecule has 0 aliphatic carbocycles. The Morgan fingerprint density at radius 3 is 2.90 bits per heavy atom. The van der Waals surface area contributed by atoms with E-state index >= 15 is 0 Å². The average molecular weight is 274 g/mol. The molecule has 0 spiro atoms. The molecule has 0 fully saturated rings. The van der Waals surface area contributed by atoms with Crippen molar-refractivity contribution in [3.05, 3.63) is 24.1 Å². The van der Waals surface area contributed by atoms with Gasteiger partial charge in [0.2, 0.25) is 11.7 Å². The van der Waals surface area contributed by atoms with Crippen LogP contribution < -0.4 is 15.8 Å². The van der Waals surface area contributed by atoms with Crippen LogP contribution in [0.4, 0.5) is 5.69 Å². The first-order chi connectivity index (χ1) is 9.49. The molecule has 0 saturated carbocycles. The molecule has 2 heterocycles. The number of hydrogen-bond donors (Lipinski definition) is 2. The van der Waals surface area contributed by atoms with Crippen LogP contribution in [0, 0.1) is 0 Å². The van der Waals surface area contributed by atoms with Crippen molar-refractivity contribution in [2.24, 2.45) is 5.73 Å².